The maximum absolute atomic E-state index is 12.7. The number of halogens is 1. The Labute approximate surface area is 126 Å². The van der Waals surface area contributed by atoms with Crippen LogP contribution in [0.5, 0.6) is 0 Å². The van der Waals surface area contributed by atoms with Crippen LogP contribution in [0, 0.1) is 5.82 Å². The van der Waals surface area contributed by atoms with Crippen molar-refractivity contribution in [2.75, 3.05) is 0 Å². The average Bonchev–Trinajstić information content (AvgIpc) is 2.45. The SMILES string of the molecule is C[C@@H](NC(=O)C[C@H](N)C(=O)NCc1ccc(F)cc1)C(=O)O. The predicted molar refractivity (Wildman–Crippen MR) is 76.1 cm³/mol. The number of hydrogen-bond donors (Lipinski definition) is 4. The fourth-order valence-corrected chi connectivity index (χ4v) is 1.58. The second kappa shape index (κ2) is 8.08. The largest absolute Gasteiger partial charge is 0.480 e. The summed E-state index contributed by atoms with van der Waals surface area (Å²) < 4.78 is 12.7. The summed E-state index contributed by atoms with van der Waals surface area (Å²) in [5, 5.41) is 13.4. The maximum Gasteiger partial charge on any atom is 0.325 e. The molecule has 1 aromatic rings. The number of amides is 2. The number of carboxylic acids is 1. The number of hydrogen-bond acceptors (Lipinski definition) is 4. The molecule has 8 heteroatoms. The number of nitrogens with two attached hydrogens (primary N) is 1. The fourth-order valence-electron chi connectivity index (χ4n) is 1.58. The summed E-state index contributed by atoms with van der Waals surface area (Å²) in [5.74, 6) is -2.74. The van der Waals surface area contributed by atoms with Crippen molar-refractivity contribution in [3.63, 3.8) is 0 Å². The van der Waals surface area contributed by atoms with E-state index in [0.717, 1.165) is 0 Å². The summed E-state index contributed by atoms with van der Waals surface area (Å²) in [5.41, 5.74) is 6.26. The predicted octanol–water partition coefficient (Wildman–Crippen LogP) is -0.251. The van der Waals surface area contributed by atoms with Crippen molar-refractivity contribution in [2.24, 2.45) is 5.73 Å². The normalized spacial score (nSPS) is 13.0. The quantitative estimate of drug-likeness (QED) is 0.553. The Kier molecular flexibility index (Phi) is 6.46. The second-order valence-electron chi connectivity index (χ2n) is 4.78. The zero-order chi connectivity index (χ0) is 16.7. The van der Waals surface area contributed by atoms with Crippen LogP contribution in [0.3, 0.4) is 0 Å². The van der Waals surface area contributed by atoms with E-state index in [4.69, 9.17) is 10.8 Å². The number of carbonyl (C=O) groups excluding carboxylic acids is 2. The first-order chi connectivity index (χ1) is 10.3. The van der Waals surface area contributed by atoms with Gasteiger partial charge in [0.25, 0.3) is 0 Å². The Bertz CT molecular complexity index is 548. The van der Waals surface area contributed by atoms with Crippen LogP contribution < -0.4 is 16.4 Å². The van der Waals surface area contributed by atoms with Crippen LogP contribution in [-0.4, -0.2) is 35.0 Å². The second-order valence-corrected chi connectivity index (χ2v) is 4.78. The van der Waals surface area contributed by atoms with Crippen LogP contribution in [0.2, 0.25) is 0 Å². The van der Waals surface area contributed by atoms with Gasteiger partial charge in [0, 0.05) is 6.54 Å². The number of nitrogens with one attached hydrogen (secondary N) is 2. The lowest BCUT2D eigenvalue weighted by Crippen LogP contribution is -2.46. The van der Waals surface area contributed by atoms with E-state index < -0.39 is 29.9 Å². The first-order valence-corrected chi connectivity index (χ1v) is 6.59. The number of carbonyl (C=O) groups is 3. The smallest absolute Gasteiger partial charge is 0.325 e. The van der Waals surface area contributed by atoms with Gasteiger partial charge in [-0.15, -0.1) is 0 Å². The van der Waals surface area contributed by atoms with Crippen molar-refractivity contribution in [2.45, 2.75) is 32.0 Å². The molecule has 2 amide bonds. The molecular formula is C14H18FN3O4. The van der Waals surface area contributed by atoms with Crippen LogP contribution in [-0.2, 0) is 20.9 Å². The van der Waals surface area contributed by atoms with Crippen LogP contribution in [0.4, 0.5) is 4.39 Å². The molecule has 0 spiro atoms. The molecule has 5 N–H and O–H groups in total. The first kappa shape index (κ1) is 17.6. The van der Waals surface area contributed by atoms with Crippen LogP contribution >= 0.6 is 0 Å². The molecule has 0 radical (unpaired) electrons. The Morgan fingerprint density at radius 1 is 1.27 bits per heavy atom. The van der Waals surface area contributed by atoms with Gasteiger partial charge in [-0.3, -0.25) is 14.4 Å². The van der Waals surface area contributed by atoms with E-state index in [-0.39, 0.29) is 18.8 Å². The highest BCUT2D eigenvalue weighted by atomic mass is 19.1. The highest BCUT2D eigenvalue weighted by Gasteiger charge is 2.20. The van der Waals surface area contributed by atoms with E-state index in [1.54, 1.807) is 0 Å². The number of rotatable bonds is 7. The van der Waals surface area contributed by atoms with Crippen LogP contribution in [0.25, 0.3) is 0 Å². The van der Waals surface area contributed by atoms with Gasteiger partial charge >= 0.3 is 5.97 Å². The van der Waals surface area contributed by atoms with Gasteiger partial charge < -0.3 is 21.5 Å². The third-order valence-electron chi connectivity index (χ3n) is 2.87. The molecule has 0 saturated carbocycles. The highest BCUT2D eigenvalue weighted by Crippen LogP contribution is 2.02. The Hall–Kier alpha value is -2.48. The first-order valence-electron chi connectivity index (χ1n) is 6.59. The zero-order valence-electron chi connectivity index (χ0n) is 12.0. The minimum Gasteiger partial charge on any atom is -0.480 e. The molecule has 7 nitrogen and oxygen atoms in total. The topological polar surface area (TPSA) is 122 Å². The minimum absolute atomic E-state index is 0.153. The van der Waals surface area contributed by atoms with Gasteiger partial charge in [-0.25, -0.2) is 4.39 Å². The molecule has 22 heavy (non-hydrogen) atoms. The summed E-state index contributed by atoms with van der Waals surface area (Å²) in [6, 6.07) is 3.41. The summed E-state index contributed by atoms with van der Waals surface area (Å²) in [7, 11) is 0. The number of benzene rings is 1. The molecule has 0 fully saturated rings. The fraction of sp³-hybridized carbons (Fsp3) is 0.357. The Morgan fingerprint density at radius 3 is 2.41 bits per heavy atom. The van der Waals surface area contributed by atoms with Crippen LogP contribution in [0.15, 0.2) is 24.3 Å². The molecule has 1 aromatic carbocycles. The molecule has 0 heterocycles. The van der Waals surface area contributed by atoms with Gasteiger partial charge in [-0.05, 0) is 24.6 Å². The maximum atomic E-state index is 12.7. The zero-order valence-corrected chi connectivity index (χ0v) is 12.0. The molecule has 0 unspecified atom stereocenters. The minimum atomic E-state index is -1.18. The van der Waals surface area contributed by atoms with Crippen molar-refractivity contribution in [1.29, 1.82) is 0 Å². The number of aliphatic carboxylic acids is 1. The van der Waals surface area contributed by atoms with Gasteiger partial charge in [0.15, 0.2) is 0 Å². The van der Waals surface area contributed by atoms with Gasteiger partial charge in [0.1, 0.15) is 11.9 Å². The Balaban J connectivity index is 2.40. The van der Waals surface area contributed by atoms with E-state index in [0.29, 0.717) is 5.56 Å². The van der Waals surface area contributed by atoms with E-state index in [9.17, 15) is 18.8 Å². The van der Waals surface area contributed by atoms with E-state index >= 15 is 0 Å². The molecule has 1 rings (SSSR count). The molecule has 2 atom stereocenters. The molecule has 0 bridgehead atoms. The summed E-state index contributed by atoms with van der Waals surface area (Å²) in [6.45, 7) is 1.46. The lowest BCUT2D eigenvalue weighted by Gasteiger charge is -2.14. The highest BCUT2D eigenvalue weighted by molar-refractivity contribution is 5.89. The standard InChI is InChI=1S/C14H18FN3O4/c1-8(14(21)22)18-12(19)6-11(16)13(20)17-7-9-2-4-10(15)5-3-9/h2-5,8,11H,6-7,16H2,1H3,(H,17,20)(H,18,19)(H,21,22)/t8-,11+/m1/s1. The Morgan fingerprint density at radius 2 is 1.86 bits per heavy atom. The summed E-state index contributed by atoms with van der Waals surface area (Å²) in [4.78, 5) is 33.8. The van der Waals surface area contributed by atoms with Crippen molar-refractivity contribution >= 4 is 17.8 Å². The van der Waals surface area contributed by atoms with E-state index in [1.807, 2.05) is 0 Å². The van der Waals surface area contributed by atoms with E-state index in [2.05, 4.69) is 10.6 Å². The third kappa shape index (κ3) is 5.88. The van der Waals surface area contributed by atoms with Gasteiger partial charge in [0.05, 0.1) is 12.5 Å². The lowest BCUT2D eigenvalue weighted by molar-refractivity contribution is -0.141. The third-order valence-corrected chi connectivity index (χ3v) is 2.87. The molecule has 0 aliphatic rings. The summed E-state index contributed by atoms with van der Waals surface area (Å²) in [6.07, 6.45) is -0.327. The molecule has 120 valence electrons. The van der Waals surface area contributed by atoms with Gasteiger partial charge in [-0.1, -0.05) is 12.1 Å². The van der Waals surface area contributed by atoms with Crippen molar-refractivity contribution in [1.82, 2.24) is 10.6 Å². The van der Waals surface area contributed by atoms with Gasteiger partial charge in [-0.2, -0.15) is 0 Å². The van der Waals surface area contributed by atoms with Crippen molar-refractivity contribution in [3.8, 4) is 0 Å². The molecule has 0 saturated heterocycles. The number of carboxylic acid groups (broad SMARTS) is 1. The molecule has 0 aromatic heterocycles. The molecular weight excluding hydrogens is 293 g/mol. The van der Waals surface area contributed by atoms with Crippen LogP contribution in [0.1, 0.15) is 18.9 Å². The molecule has 0 aliphatic carbocycles. The van der Waals surface area contributed by atoms with Gasteiger partial charge in [0.2, 0.25) is 11.8 Å². The lowest BCUT2D eigenvalue weighted by atomic mass is 10.1. The molecule has 0 aliphatic heterocycles. The average molecular weight is 311 g/mol. The summed E-state index contributed by atoms with van der Waals surface area (Å²) >= 11 is 0. The monoisotopic (exact) mass is 311 g/mol. The van der Waals surface area contributed by atoms with E-state index in [1.165, 1.54) is 31.2 Å². The van der Waals surface area contributed by atoms with Crippen molar-refractivity contribution in [3.05, 3.63) is 35.6 Å². The van der Waals surface area contributed by atoms with Crippen molar-refractivity contribution < 1.29 is 23.9 Å².